The Balaban J connectivity index is 2.52. The van der Waals surface area contributed by atoms with Crippen molar-refractivity contribution in [3.05, 3.63) is 29.6 Å². The van der Waals surface area contributed by atoms with E-state index in [1.165, 1.54) is 18.3 Å². The van der Waals surface area contributed by atoms with E-state index in [0.717, 1.165) is 0 Å². The fourth-order valence-electron chi connectivity index (χ4n) is 1.29. The Kier molecular flexibility index (Phi) is 5.60. The molecule has 1 aromatic rings. The number of rotatable bonds is 6. The zero-order valence-corrected chi connectivity index (χ0v) is 10.8. The molecule has 108 valence electrons. The number of pyridine rings is 1. The molecule has 1 aromatic heterocycles. The lowest BCUT2D eigenvalue weighted by Gasteiger charge is -2.11. The molecule has 4 N–H and O–H groups in total. The lowest BCUT2D eigenvalue weighted by molar-refractivity contribution is -0.148. The fourth-order valence-corrected chi connectivity index (χ4v) is 1.29. The van der Waals surface area contributed by atoms with Gasteiger partial charge in [0.2, 0.25) is 5.91 Å². The Morgan fingerprint density at radius 3 is 2.65 bits per heavy atom. The van der Waals surface area contributed by atoms with Crippen LogP contribution in [-0.4, -0.2) is 40.6 Å². The number of ether oxygens (including phenoxy) is 1. The van der Waals surface area contributed by atoms with Gasteiger partial charge < -0.3 is 20.9 Å². The van der Waals surface area contributed by atoms with Crippen LogP contribution in [0.1, 0.15) is 23.0 Å². The molecular formula is C12H15N3O5. The van der Waals surface area contributed by atoms with E-state index in [1.54, 1.807) is 6.92 Å². The van der Waals surface area contributed by atoms with Crippen LogP contribution in [0.15, 0.2) is 18.3 Å². The van der Waals surface area contributed by atoms with Gasteiger partial charge in [0.15, 0.2) is 6.04 Å². The summed E-state index contributed by atoms with van der Waals surface area (Å²) < 4.78 is 4.62. The first-order chi connectivity index (χ1) is 9.45. The van der Waals surface area contributed by atoms with Gasteiger partial charge in [-0.2, -0.15) is 0 Å². The van der Waals surface area contributed by atoms with Crippen LogP contribution in [0.2, 0.25) is 0 Å². The molecule has 0 saturated heterocycles. The quantitative estimate of drug-likeness (QED) is 0.463. The molecule has 0 aliphatic heterocycles. The number of hydrogen-bond donors (Lipinski definition) is 3. The molecule has 0 radical (unpaired) electrons. The van der Waals surface area contributed by atoms with Gasteiger partial charge in [0.05, 0.1) is 6.61 Å². The van der Waals surface area contributed by atoms with E-state index in [-0.39, 0.29) is 18.8 Å². The summed E-state index contributed by atoms with van der Waals surface area (Å²) in [4.78, 5) is 37.1. The summed E-state index contributed by atoms with van der Waals surface area (Å²) >= 11 is 0. The van der Waals surface area contributed by atoms with Crippen molar-refractivity contribution in [3.63, 3.8) is 0 Å². The van der Waals surface area contributed by atoms with E-state index in [0.29, 0.717) is 5.56 Å². The highest BCUT2D eigenvalue weighted by molar-refractivity contribution is 6.01. The number of aromatic nitrogens is 1. The van der Waals surface area contributed by atoms with E-state index in [1.807, 2.05) is 0 Å². The third-order valence-electron chi connectivity index (χ3n) is 2.33. The van der Waals surface area contributed by atoms with Crippen LogP contribution in [0.5, 0.6) is 0 Å². The van der Waals surface area contributed by atoms with Gasteiger partial charge in [0, 0.05) is 12.7 Å². The number of hydrogen-bond acceptors (Lipinski definition) is 6. The van der Waals surface area contributed by atoms with Crippen LogP contribution in [-0.2, 0) is 20.9 Å². The lowest BCUT2D eigenvalue weighted by Crippen LogP contribution is -2.46. The van der Waals surface area contributed by atoms with Gasteiger partial charge in [-0.3, -0.25) is 4.79 Å². The van der Waals surface area contributed by atoms with Crippen LogP contribution >= 0.6 is 0 Å². The van der Waals surface area contributed by atoms with Crippen molar-refractivity contribution >= 4 is 17.8 Å². The number of nitrogens with one attached hydrogen (secondary N) is 1. The maximum absolute atomic E-state index is 11.6. The van der Waals surface area contributed by atoms with E-state index in [4.69, 9.17) is 10.8 Å². The van der Waals surface area contributed by atoms with Crippen molar-refractivity contribution in [3.8, 4) is 0 Å². The molecular weight excluding hydrogens is 266 g/mol. The maximum Gasteiger partial charge on any atom is 0.354 e. The smallest absolute Gasteiger partial charge is 0.354 e. The van der Waals surface area contributed by atoms with Gasteiger partial charge in [0.25, 0.3) is 0 Å². The van der Waals surface area contributed by atoms with Gasteiger partial charge in [-0.05, 0) is 18.6 Å². The highest BCUT2D eigenvalue weighted by atomic mass is 16.5. The first kappa shape index (κ1) is 15.6. The molecule has 8 heteroatoms. The molecule has 8 nitrogen and oxygen atoms in total. The fraction of sp³-hybridized carbons (Fsp3) is 0.333. The zero-order chi connectivity index (χ0) is 15.1. The van der Waals surface area contributed by atoms with Crippen LogP contribution < -0.4 is 11.1 Å². The number of amides is 1. The Morgan fingerprint density at radius 2 is 2.15 bits per heavy atom. The predicted molar refractivity (Wildman–Crippen MR) is 67.7 cm³/mol. The minimum absolute atomic E-state index is 0.0822. The van der Waals surface area contributed by atoms with Crippen molar-refractivity contribution in [1.82, 2.24) is 10.3 Å². The summed E-state index contributed by atoms with van der Waals surface area (Å²) in [5, 5.41) is 11.1. The Bertz CT molecular complexity index is 500. The second kappa shape index (κ2) is 7.19. The van der Waals surface area contributed by atoms with Crippen molar-refractivity contribution < 1.29 is 24.2 Å². The summed E-state index contributed by atoms with van der Waals surface area (Å²) in [5.74, 6) is -2.61. The topological polar surface area (TPSA) is 132 Å². The lowest BCUT2D eigenvalue weighted by atomic mass is 10.2. The average Bonchev–Trinajstić information content (AvgIpc) is 2.44. The molecule has 1 heterocycles. The van der Waals surface area contributed by atoms with Crippen molar-refractivity contribution in [2.24, 2.45) is 5.73 Å². The van der Waals surface area contributed by atoms with Crippen molar-refractivity contribution in [2.75, 3.05) is 6.61 Å². The van der Waals surface area contributed by atoms with Gasteiger partial charge in [-0.25, -0.2) is 14.6 Å². The molecule has 1 rings (SSSR count). The van der Waals surface area contributed by atoms with E-state index in [2.05, 4.69) is 15.0 Å². The Labute approximate surface area is 114 Å². The van der Waals surface area contributed by atoms with E-state index in [9.17, 15) is 14.4 Å². The molecule has 0 bridgehead atoms. The number of aromatic carboxylic acids is 1. The third-order valence-corrected chi connectivity index (χ3v) is 2.33. The Hall–Kier alpha value is -2.48. The number of carbonyl (C=O) groups is 3. The first-order valence-electron chi connectivity index (χ1n) is 5.83. The molecule has 20 heavy (non-hydrogen) atoms. The van der Waals surface area contributed by atoms with Crippen LogP contribution in [0.3, 0.4) is 0 Å². The van der Waals surface area contributed by atoms with Gasteiger partial charge in [-0.15, -0.1) is 0 Å². The molecule has 0 spiro atoms. The molecule has 0 saturated carbocycles. The summed E-state index contributed by atoms with van der Waals surface area (Å²) in [7, 11) is 0. The molecule has 0 fully saturated rings. The van der Waals surface area contributed by atoms with E-state index >= 15 is 0 Å². The molecule has 0 aliphatic rings. The minimum atomic E-state index is -1.39. The number of esters is 1. The largest absolute Gasteiger partial charge is 0.477 e. The maximum atomic E-state index is 11.6. The summed E-state index contributed by atoms with van der Waals surface area (Å²) in [6.07, 6.45) is 1.32. The second-order valence-corrected chi connectivity index (χ2v) is 3.80. The third kappa shape index (κ3) is 4.32. The van der Waals surface area contributed by atoms with Crippen LogP contribution in [0, 0.1) is 0 Å². The van der Waals surface area contributed by atoms with Gasteiger partial charge in [0.1, 0.15) is 5.69 Å². The number of nitrogens with two attached hydrogens (primary N) is 1. The predicted octanol–water partition coefficient (Wildman–Crippen LogP) is -0.714. The van der Waals surface area contributed by atoms with Crippen LogP contribution in [0.4, 0.5) is 0 Å². The zero-order valence-electron chi connectivity index (χ0n) is 10.8. The summed E-state index contributed by atoms with van der Waals surface area (Å²) in [6.45, 7) is 1.83. The van der Waals surface area contributed by atoms with Crippen molar-refractivity contribution in [1.29, 1.82) is 0 Å². The SMILES string of the molecule is CCOC(=O)C(N)C(=O)NCc1ccc(C(=O)O)nc1. The van der Waals surface area contributed by atoms with Crippen LogP contribution in [0.25, 0.3) is 0 Å². The number of carboxylic acids is 1. The Morgan fingerprint density at radius 1 is 1.45 bits per heavy atom. The van der Waals surface area contributed by atoms with Gasteiger partial charge >= 0.3 is 11.9 Å². The average molecular weight is 281 g/mol. The monoisotopic (exact) mass is 281 g/mol. The van der Waals surface area contributed by atoms with E-state index < -0.39 is 23.9 Å². The number of carbonyl (C=O) groups excluding carboxylic acids is 2. The molecule has 1 atom stereocenters. The molecule has 0 aromatic carbocycles. The number of nitrogens with zero attached hydrogens (tertiary/aromatic N) is 1. The minimum Gasteiger partial charge on any atom is -0.477 e. The highest BCUT2D eigenvalue weighted by Crippen LogP contribution is 2.00. The van der Waals surface area contributed by atoms with Gasteiger partial charge in [-0.1, -0.05) is 6.07 Å². The summed E-state index contributed by atoms with van der Waals surface area (Å²) in [6, 6.07) is 1.43. The summed E-state index contributed by atoms with van der Waals surface area (Å²) in [5.41, 5.74) is 5.88. The molecule has 1 unspecified atom stereocenters. The van der Waals surface area contributed by atoms with Crippen molar-refractivity contribution in [2.45, 2.75) is 19.5 Å². The second-order valence-electron chi connectivity index (χ2n) is 3.80. The normalized spacial score (nSPS) is 11.5. The first-order valence-corrected chi connectivity index (χ1v) is 5.83. The number of carboxylic acid groups (broad SMARTS) is 1. The standard InChI is InChI=1S/C12H15N3O5/c1-2-20-12(19)9(13)10(16)15-6-7-3-4-8(11(17)18)14-5-7/h3-5,9H,2,6,13H2,1H3,(H,15,16)(H,17,18). The molecule has 1 amide bonds. The molecule has 0 aliphatic carbocycles. The highest BCUT2D eigenvalue weighted by Gasteiger charge is 2.22.